The summed E-state index contributed by atoms with van der Waals surface area (Å²) in [6.07, 6.45) is 1.93. The Morgan fingerprint density at radius 1 is 1.85 bits per heavy atom. The monoisotopic (exact) mass is 183 g/mol. The molecular formula is C8H13N3O2. The van der Waals surface area contributed by atoms with Crippen LogP contribution in [-0.2, 0) is 18.3 Å². The molecule has 1 aromatic rings. The number of carboxylic acid groups (broad SMARTS) is 1. The molecule has 0 saturated heterocycles. The Morgan fingerprint density at radius 2 is 2.46 bits per heavy atom. The second-order valence-corrected chi connectivity index (χ2v) is 3.04. The van der Waals surface area contributed by atoms with Crippen molar-refractivity contribution >= 4 is 5.97 Å². The van der Waals surface area contributed by atoms with Crippen LogP contribution in [0.1, 0.15) is 11.4 Å². The highest BCUT2D eigenvalue weighted by Gasteiger charge is 2.15. The highest BCUT2D eigenvalue weighted by Crippen LogP contribution is 2.06. The van der Waals surface area contributed by atoms with E-state index in [0.717, 1.165) is 11.4 Å². The van der Waals surface area contributed by atoms with Crippen molar-refractivity contribution < 1.29 is 9.90 Å². The molecule has 0 spiro atoms. The number of aryl methyl sites for hydroxylation is 1. The van der Waals surface area contributed by atoms with Gasteiger partial charge in [0.2, 0.25) is 0 Å². The summed E-state index contributed by atoms with van der Waals surface area (Å²) in [4.78, 5) is 14.5. The van der Waals surface area contributed by atoms with E-state index in [4.69, 9.17) is 10.8 Å². The fourth-order valence-corrected chi connectivity index (χ4v) is 1.04. The topological polar surface area (TPSA) is 81.1 Å². The smallest absolute Gasteiger partial charge is 0.320 e. The number of nitrogens with zero attached hydrogens (tertiary/aromatic N) is 2. The Labute approximate surface area is 76.2 Å². The largest absolute Gasteiger partial charge is 0.480 e. The molecular weight excluding hydrogens is 170 g/mol. The van der Waals surface area contributed by atoms with E-state index in [2.05, 4.69) is 4.98 Å². The van der Waals surface area contributed by atoms with Gasteiger partial charge < -0.3 is 15.4 Å². The zero-order chi connectivity index (χ0) is 10.0. The van der Waals surface area contributed by atoms with Crippen molar-refractivity contribution in [2.75, 3.05) is 0 Å². The zero-order valence-electron chi connectivity index (χ0n) is 7.69. The lowest BCUT2D eigenvalue weighted by molar-refractivity contribution is -0.138. The first-order valence-corrected chi connectivity index (χ1v) is 3.97. The van der Waals surface area contributed by atoms with E-state index in [1.54, 1.807) is 6.33 Å². The molecule has 5 nitrogen and oxygen atoms in total. The van der Waals surface area contributed by atoms with Gasteiger partial charge >= 0.3 is 5.97 Å². The Bertz CT molecular complexity index is 319. The molecule has 0 radical (unpaired) electrons. The van der Waals surface area contributed by atoms with Gasteiger partial charge in [0.25, 0.3) is 0 Å². The SMILES string of the molecule is Cc1c(CC(N)C(=O)O)ncn1C. The number of hydrogen-bond acceptors (Lipinski definition) is 3. The van der Waals surface area contributed by atoms with E-state index in [1.165, 1.54) is 0 Å². The molecule has 0 aliphatic rings. The van der Waals surface area contributed by atoms with Crippen LogP contribution in [0.5, 0.6) is 0 Å². The quantitative estimate of drug-likeness (QED) is 0.673. The van der Waals surface area contributed by atoms with Crippen molar-refractivity contribution in [3.8, 4) is 0 Å². The van der Waals surface area contributed by atoms with Crippen LogP contribution >= 0.6 is 0 Å². The van der Waals surface area contributed by atoms with Gasteiger partial charge in [-0.25, -0.2) is 4.98 Å². The second kappa shape index (κ2) is 3.57. The molecule has 0 amide bonds. The number of carboxylic acids is 1. The average Bonchev–Trinajstić information content (AvgIpc) is 2.36. The fraction of sp³-hybridized carbons (Fsp3) is 0.500. The minimum absolute atomic E-state index is 0.280. The average molecular weight is 183 g/mol. The third-order valence-electron chi connectivity index (χ3n) is 2.06. The highest BCUT2D eigenvalue weighted by atomic mass is 16.4. The van der Waals surface area contributed by atoms with Gasteiger partial charge in [-0.15, -0.1) is 0 Å². The Balaban J connectivity index is 2.74. The molecule has 0 saturated carbocycles. The fourth-order valence-electron chi connectivity index (χ4n) is 1.04. The molecule has 13 heavy (non-hydrogen) atoms. The summed E-state index contributed by atoms with van der Waals surface area (Å²) < 4.78 is 1.84. The Hall–Kier alpha value is -1.36. The van der Waals surface area contributed by atoms with Gasteiger partial charge in [-0.05, 0) is 6.92 Å². The van der Waals surface area contributed by atoms with Crippen molar-refractivity contribution in [2.24, 2.45) is 12.8 Å². The van der Waals surface area contributed by atoms with Crippen molar-refractivity contribution in [3.05, 3.63) is 17.7 Å². The first kappa shape index (κ1) is 9.73. The summed E-state index contributed by atoms with van der Waals surface area (Å²) in [5, 5.41) is 8.58. The summed E-state index contributed by atoms with van der Waals surface area (Å²) in [6, 6.07) is -0.867. The first-order chi connectivity index (χ1) is 6.02. The van der Waals surface area contributed by atoms with E-state index < -0.39 is 12.0 Å². The highest BCUT2D eigenvalue weighted by molar-refractivity contribution is 5.73. The van der Waals surface area contributed by atoms with Crippen LogP contribution in [0.25, 0.3) is 0 Å². The van der Waals surface area contributed by atoms with Crippen LogP contribution in [0.15, 0.2) is 6.33 Å². The van der Waals surface area contributed by atoms with Gasteiger partial charge in [-0.3, -0.25) is 4.79 Å². The standard InChI is InChI=1S/C8H13N3O2/c1-5-7(10-4-11(5)2)3-6(9)8(12)13/h4,6H,3,9H2,1-2H3,(H,12,13). The number of nitrogens with two attached hydrogens (primary N) is 1. The first-order valence-electron chi connectivity index (χ1n) is 3.97. The number of carbonyl (C=O) groups is 1. The summed E-state index contributed by atoms with van der Waals surface area (Å²) in [5.41, 5.74) is 7.08. The van der Waals surface area contributed by atoms with E-state index >= 15 is 0 Å². The number of aliphatic carboxylic acids is 1. The van der Waals surface area contributed by atoms with Crippen LogP contribution < -0.4 is 5.73 Å². The van der Waals surface area contributed by atoms with Crippen molar-refractivity contribution in [1.82, 2.24) is 9.55 Å². The minimum Gasteiger partial charge on any atom is -0.480 e. The molecule has 1 aromatic heterocycles. The third-order valence-corrected chi connectivity index (χ3v) is 2.06. The van der Waals surface area contributed by atoms with Crippen LogP contribution in [0.2, 0.25) is 0 Å². The van der Waals surface area contributed by atoms with Crippen molar-refractivity contribution in [1.29, 1.82) is 0 Å². The maximum Gasteiger partial charge on any atom is 0.320 e. The molecule has 72 valence electrons. The minimum atomic E-state index is -0.995. The van der Waals surface area contributed by atoms with Gasteiger partial charge in [0.1, 0.15) is 6.04 Å². The second-order valence-electron chi connectivity index (χ2n) is 3.04. The normalized spacial score (nSPS) is 12.8. The van der Waals surface area contributed by atoms with Crippen LogP contribution in [0, 0.1) is 6.92 Å². The summed E-state index contributed by atoms with van der Waals surface area (Å²) in [5.74, 6) is -0.995. The van der Waals surface area contributed by atoms with E-state index in [0.29, 0.717) is 0 Å². The van der Waals surface area contributed by atoms with Crippen LogP contribution in [-0.4, -0.2) is 26.7 Å². The Morgan fingerprint density at radius 3 is 2.85 bits per heavy atom. The lowest BCUT2D eigenvalue weighted by atomic mass is 10.1. The molecule has 1 heterocycles. The van der Waals surface area contributed by atoms with E-state index in [9.17, 15) is 4.79 Å². The lowest BCUT2D eigenvalue weighted by Gasteiger charge is -2.04. The van der Waals surface area contributed by atoms with Gasteiger partial charge in [-0.2, -0.15) is 0 Å². The molecule has 0 aromatic carbocycles. The van der Waals surface area contributed by atoms with E-state index in [-0.39, 0.29) is 6.42 Å². The van der Waals surface area contributed by atoms with Crippen molar-refractivity contribution in [2.45, 2.75) is 19.4 Å². The molecule has 0 aliphatic heterocycles. The summed E-state index contributed by atoms with van der Waals surface area (Å²) in [7, 11) is 1.86. The summed E-state index contributed by atoms with van der Waals surface area (Å²) >= 11 is 0. The number of rotatable bonds is 3. The predicted molar refractivity (Wildman–Crippen MR) is 47.3 cm³/mol. The molecule has 1 atom stereocenters. The molecule has 0 fully saturated rings. The van der Waals surface area contributed by atoms with Crippen LogP contribution in [0.4, 0.5) is 0 Å². The molecule has 1 unspecified atom stereocenters. The molecule has 5 heteroatoms. The van der Waals surface area contributed by atoms with Gasteiger partial charge in [0.05, 0.1) is 12.0 Å². The third kappa shape index (κ3) is 2.06. The maximum absolute atomic E-state index is 10.5. The van der Waals surface area contributed by atoms with Crippen molar-refractivity contribution in [3.63, 3.8) is 0 Å². The lowest BCUT2D eigenvalue weighted by Crippen LogP contribution is -2.32. The number of imidazole rings is 1. The van der Waals surface area contributed by atoms with Crippen LogP contribution in [0.3, 0.4) is 0 Å². The number of aromatic nitrogens is 2. The maximum atomic E-state index is 10.5. The number of hydrogen-bond donors (Lipinski definition) is 2. The summed E-state index contributed by atoms with van der Waals surface area (Å²) in [6.45, 7) is 1.89. The van der Waals surface area contributed by atoms with Gasteiger partial charge in [0, 0.05) is 19.2 Å². The predicted octanol–water partition coefficient (Wildman–Crippen LogP) is -0.317. The Kier molecular flexibility index (Phi) is 2.67. The van der Waals surface area contributed by atoms with Gasteiger partial charge in [0.15, 0.2) is 0 Å². The molecule has 0 aliphatic carbocycles. The van der Waals surface area contributed by atoms with E-state index in [1.807, 2.05) is 18.5 Å². The molecule has 3 N–H and O–H groups in total. The zero-order valence-corrected chi connectivity index (χ0v) is 7.69. The molecule has 1 rings (SSSR count). The molecule has 0 bridgehead atoms. The van der Waals surface area contributed by atoms with Gasteiger partial charge in [-0.1, -0.05) is 0 Å².